The summed E-state index contributed by atoms with van der Waals surface area (Å²) in [6.45, 7) is 12.2. The van der Waals surface area contributed by atoms with Crippen molar-refractivity contribution in [2.45, 2.75) is 32.2 Å². The number of hydrogen-bond acceptors (Lipinski definition) is 3. The van der Waals surface area contributed by atoms with E-state index in [1.807, 2.05) is 31.2 Å². The topological polar surface area (TPSA) is 41.3 Å². The molecule has 2 aliphatic rings. The zero-order valence-electron chi connectivity index (χ0n) is 14.2. The zero-order chi connectivity index (χ0) is 16.7. The minimum absolute atomic E-state index is 0.233. The Bertz CT molecular complexity index is 543. The standard InChI is InChI=1S/C20H29N3/c1-4-6-9-18(5-2)23-14-12-17(13-15-23)22-16(3)19-10-7-8-11-20(19)21/h4-9,11,17,19,22H,2-3,10,12-15,21H2,1H3/b6-4-,18-9+. The van der Waals surface area contributed by atoms with Gasteiger partial charge in [0.15, 0.2) is 0 Å². The molecule has 0 aromatic heterocycles. The van der Waals surface area contributed by atoms with Gasteiger partial charge in [0.25, 0.3) is 0 Å². The highest BCUT2D eigenvalue weighted by atomic mass is 15.2. The second-order valence-electron chi connectivity index (χ2n) is 6.14. The predicted molar refractivity (Wildman–Crippen MR) is 99.5 cm³/mol. The summed E-state index contributed by atoms with van der Waals surface area (Å²) >= 11 is 0. The zero-order valence-corrected chi connectivity index (χ0v) is 14.2. The molecule has 3 nitrogen and oxygen atoms in total. The number of allylic oxidation sites excluding steroid dienone is 7. The van der Waals surface area contributed by atoms with Gasteiger partial charge in [-0.2, -0.15) is 0 Å². The van der Waals surface area contributed by atoms with Crippen LogP contribution in [0.3, 0.4) is 0 Å². The van der Waals surface area contributed by atoms with E-state index in [-0.39, 0.29) is 5.92 Å². The van der Waals surface area contributed by atoms with E-state index in [4.69, 9.17) is 5.73 Å². The normalized spacial score (nSPS) is 23.0. The highest BCUT2D eigenvalue weighted by Gasteiger charge is 2.23. The summed E-state index contributed by atoms with van der Waals surface area (Å²) in [7, 11) is 0. The van der Waals surface area contributed by atoms with Gasteiger partial charge in [0.05, 0.1) is 0 Å². The highest BCUT2D eigenvalue weighted by molar-refractivity contribution is 5.26. The molecule has 0 radical (unpaired) electrons. The van der Waals surface area contributed by atoms with Crippen LogP contribution < -0.4 is 11.1 Å². The maximum atomic E-state index is 6.09. The Morgan fingerprint density at radius 2 is 2.13 bits per heavy atom. The van der Waals surface area contributed by atoms with Crippen molar-refractivity contribution in [2.24, 2.45) is 11.7 Å². The molecule has 0 spiro atoms. The molecular formula is C20H29N3. The Kier molecular flexibility index (Phi) is 6.33. The number of rotatable bonds is 6. The van der Waals surface area contributed by atoms with Gasteiger partial charge in [-0.3, -0.25) is 0 Å². The van der Waals surface area contributed by atoms with Crippen molar-refractivity contribution in [1.82, 2.24) is 10.2 Å². The summed E-state index contributed by atoms with van der Waals surface area (Å²) in [6.07, 6.45) is 17.5. The minimum atomic E-state index is 0.233. The number of piperidine rings is 1. The molecule has 0 bridgehead atoms. The van der Waals surface area contributed by atoms with Crippen LogP contribution in [0.5, 0.6) is 0 Å². The van der Waals surface area contributed by atoms with Gasteiger partial charge < -0.3 is 16.0 Å². The number of nitrogens with zero attached hydrogens (tertiary/aromatic N) is 1. The Morgan fingerprint density at radius 1 is 1.39 bits per heavy atom. The van der Waals surface area contributed by atoms with E-state index in [0.29, 0.717) is 6.04 Å². The van der Waals surface area contributed by atoms with E-state index in [1.54, 1.807) is 0 Å². The molecule has 0 aromatic rings. The van der Waals surface area contributed by atoms with Crippen LogP contribution in [0, 0.1) is 5.92 Å². The highest BCUT2D eigenvalue weighted by Crippen LogP contribution is 2.24. The maximum absolute atomic E-state index is 6.09. The van der Waals surface area contributed by atoms with Crippen LogP contribution in [-0.2, 0) is 0 Å². The first kappa shape index (κ1) is 17.2. The van der Waals surface area contributed by atoms with Crippen molar-refractivity contribution in [3.8, 4) is 0 Å². The fourth-order valence-corrected chi connectivity index (χ4v) is 3.13. The van der Waals surface area contributed by atoms with E-state index in [1.165, 1.54) is 5.70 Å². The molecule has 3 N–H and O–H groups in total. The van der Waals surface area contributed by atoms with Gasteiger partial charge in [0.2, 0.25) is 0 Å². The largest absolute Gasteiger partial charge is 0.401 e. The minimum Gasteiger partial charge on any atom is -0.401 e. The molecule has 0 amide bonds. The van der Waals surface area contributed by atoms with Crippen LogP contribution in [0.4, 0.5) is 0 Å². The van der Waals surface area contributed by atoms with Gasteiger partial charge in [0, 0.05) is 42.1 Å². The Morgan fingerprint density at radius 3 is 2.74 bits per heavy atom. The lowest BCUT2D eigenvalue weighted by Gasteiger charge is -2.36. The lowest BCUT2D eigenvalue weighted by molar-refractivity contribution is 0.252. The number of likely N-dealkylation sites (tertiary alicyclic amines) is 1. The second kappa shape index (κ2) is 8.47. The molecule has 124 valence electrons. The van der Waals surface area contributed by atoms with Gasteiger partial charge >= 0.3 is 0 Å². The quantitative estimate of drug-likeness (QED) is 0.736. The average Bonchev–Trinajstić information content (AvgIpc) is 2.57. The number of nitrogens with two attached hydrogens (primary N) is 1. The van der Waals surface area contributed by atoms with Crippen molar-refractivity contribution < 1.29 is 0 Å². The third kappa shape index (κ3) is 4.65. The molecule has 1 heterocycles. The van der Waals surface area contributed by atoms with Crippen molar-refractivity contribution in [3.63, 3.8) is 0 Å². The van der Waals surface area contributed by atoms with E-state index in [9.17, 15) is 0 Å². The molecule has 1 atom stereocenters. The summed E-state index contributed by atoms with van der Waals surface area (Å²) in [5.74, 6) is 0.233. The van der Waals surface area contributed by atoms with Crippen LogP contribution >= 0.6 is 0 Å². The fourth-order valence-electron chi connectivity index (χ4n) is 3.13. The molecule has 3 heteroatoms. The predicted octanol–water partition coefficient (Wildman–Crippen LogP) is 3.62. The molecule has 0 aromatic carbocycles. The van der Waals surface area contributed by atoms with E-state index in [2.05, 4.69) is 41.6 Å². The Balaban J connectivity index is 1.85. The van der Waals surface area contributed by atoms with Crippen molar-refractivity contribution in [1.29, 1.82) is 0 Å². The van der Waals surface area contributed by atoms with Crippen LogP contribution in [0.15, 0.2) is 72.8 Å². The van der Waals surface area contributed by atoms with Crippen LogP contribution in [0.1, 0.15) is 26.2 Å². The summed E-state index contributed by atoms with van der Waals surface area (Å²) in [5.41, 5.74) is 9.25. The van der Waals surface area contributed by atoms with Gasteiger partial charge in [-0.15, -0.1) is 0 Å². The summed E-state index contributed by atoms with van der Waals surface area (Å²) in [4.78, 5) is 2.39. The second-order valence-corrected chi connectivity index (χ2v) is 6.14. The molecule has 1 saturated heterocycles. The molecule has 1 fully saturated rings. The summed E-state index contributed by atoms with van der Waals surface area (Å²) < 4.78 is 0. The van der Waals surface area contributed by atoms with Crippen molar-refractivity contribution in [2.75, 3.05) is 13.1 Å². The van der Waals surface area contributed by atoms with Gasteiger partial charge in [-0.05, 0) is 44.4 Å². The molecule has 23 heavy (non-hydrogen) atoms. The molecule has 1 aliphatic carbocycles. The van der Waals surface area contributed by atoms with Gasteiger partial charge in [0.1, 0.15) is 0 Å². The van der Waals surface area contributed by atoms with Crippen LogP contribution in [0.25, 0.3) is 0 Å². The Hall–Kier alpha value is -2.16. The molecule has 2 rings (SSSR count). The fraction of sp³-hybridized carbons (Fsp3) is 0.400. The molecule has 1 unspecified atom stereocenters. The molecular weight excluding hydrogens is 282 g/mol. The molecule has 0 saturated carbocycles. The summed E-state index contributed by atoms with van der Waals surface area (Å²) in [6, 6.07) is 0.477. The third-order valence-corrected chi connectivity index (χ3v) is 4.54. The monoisotopic (exact) mass is 311 g/mol. The number of hydrogen-bond donors (Lipinski definition) is 2. The smallest absolute Gasteiger partial charge is 0.0411 e. The SMILES string of the molecule is C=C/C(=C\C=C/C)N1CCC(NC(=C)C2CC=CC=C2N)CC1. The first-order chi connectivity index (χ1) is 11.2. The Labute approximate surface area is 140 Å². The number of nitrogens with one attached hydrogen (secondary N) is 1. The van der Waals surface area contributed by atoms with Crippen molar-refractivity contribution in [3.05, 3.63) is 72.8 Å². The third-order valence-electron chi connectivity index (χ3n) is 4.54. The van der Waals surface area contributed by atoms with Gasteiger partial charge in [-0.1, -0.05) is 37.5 Å². The van der Waals surface area contributed by atoms with E-state index in [0.717, 1.165) is 43.7 Å². The lowest BCUT2D eigenvalue weighted by atomic mass is 9.93. The van der Waals surface area contributed by atoms with Crippen molar-refractivity contribution >= 4 is 0 Å². The maximum Gasteiger partial charge on any atom is 0.0411 e. The van der Waals surface area contributed by atoms with Gasteiger partial charge in [-0.25, -0.2) is 0 Å². The average molecular weight is 311 g/mol. The summed E-state index contributed by atoms with van der Waals surface area (Å²) in [5, 5.41) is 3.60. The first-order valence-corrected chi connectivity index (χ1v) is 8.43. The van der Waals surface area contributed by atoms with E-state index < -0.39 is 0 Å². The first-order valence-electron chi connectivity index (χ1n) is 8.43. The van der Waals surface area contributed by atoms with Crippen LogP contribution in [-0.4, -0.2) is 24.0 Å². The lowest BCUT2D eigenvalue weighted by Crippen LogP contribution is -2.42. The van der Waals surface area contributed by atoms with Crippen LogP contribution in [0.2, 0.25) is 0 Å². The molecule has 1 aliphatic heterocycles. The van der Waals surface area contributed by atoms with E-state index >= 15 is 0 Å².